The number of hydrogen-bond acceptors (Lipinski definition) is 6. The first-order chi connectivity index (χ1) is 12.1. The van der Waals surface area contributed by atoms with E-state index in [2.05, 4.69) is 14.9 Å². The summed E-state index contributed by atoms with van der Waals surface area (Å²) in [5.41, 5.74) is 0.713. The lowest BCUT2D eigenvalue weighted by Gasteiger charge is -2.04. The van der Waals surface area contributed by atoms with Crippen LogP contribution < -0.4 is 9.46 Å². The highest BCUT2D eigenvalue weighted by atomic mass is 32.2. The zero-order valence-corrected chi connectivity index (χ0v) is 14.4. The molecular weight excluding hydrogens is 342 g/mol. The third kappa shape index (κ3) is 4.04. The summed E-state index contributed by atoms with van der Waals surface area (Å²) in [5, 5.41) is 3.92. The molecule has 0 aliphatic carbocycles. The third-order valence-electron chi connectivity index (χ3n) is 3.50. The molecule has 25 heavy (non-hydrogen) atoms. The summed E-state index contributed by atoms with van der Waals surface area (Å²) in [6.45, 7) is 0.158. The third-order valence-corrected chi connectivity index (χ3v) is 4.98. The van der Waals surface area contributed by atoms with Crippen molar-refractivity contribution in [2.75, 3.05) is 13.7 Å². The van der Waals surface area contributed by atoms with Gasteiger partial charge in [-0.15, -0.1) is 0 Å². The Labute approximate surface area is 145 Å². The Hall–Kier alpha value is -2.71. The fourth-order valence-electron chi connectivity index (χ4n) is 2.27. The van der Waals surface area contributed by atoms with E-state index in [1.165, 1.54) is 12.1 Å². The Morgan fingerprint density at radius 2 is 1.80 bits per heavy atom. The second-order valence-electron chi connectivity index (χ2n) is 5.17. The van der Waals surface area contributed by atoms with Crippen molar-refractivity contribution in [1.82, 2.24) is 14.9 Å². The number of benzene rings is 2. The van der Waals surface area contributed by atoms with Gasteiger partial charge in [-0.25, -0.2) is 13.1 Å². The van der Waals surface area contributed by atoms with Crippen molar-refractivity contribution in [3.8, 4) is 17.1 Å². The maximum Gasteiger partial charge on any atom is 0.240 e. The second-order valence-corrected chi connectivity index (χ2v) is 6.94. The first-order valence-corrected chi connectivity index (χ1v) is 9.09. The Morgan fingerprint density at radius 1 is 1.08 bits per heavy atom. The first-order valence-electron chi connectivity index (χ1n) is 7.61. The van der Waals surface area contributed by atoms with Crippen LogP contribution in [0.25, 0.3) is 11.4 Å². The maximum absolute atomic E-state index is 12.1. The van der Waals surface area contributed by atoms with Gasteiger partial charge < -0.3 is 9.26 Å². The zero-order chi connectivity index (χ0) is 17.7. The van der Waals surface area contributed by atoms with E-state index in [1.54, 1.807) is 31.4 Å². The second kappa shape index (κ2) is 7.45. The van der Waals surface area contributed by atoms with Gasteiger partial charge in [0.05, 0.1) is 17.6 Å². The molecule has 0 atom stereocenters. The molecule has 8 heteroatoms. The van der Waals surface area contributed by atoms with Crippen molar-refractivity contribution in [2.45, 2.75) is 11.3 Å². The van der Waals surface area contributed by atoms with Crippen LogP contribution in [0.1, 0.15) is 5.89 Å². The fourth-order valence-corrected chi connectivity index (χ4v) is 3.32. The monoisotopic (exact) mass is 359 g/mol. The van der Waals surface area contributed by atoms with Gasteiger partial charge in [0.1, 0.15) is 5.75 Å². The van der Waals surface area contributed by atoms with Crippen LogP contribution in [-0.4, -0.2) is 32.2 Å². The van der Waals surface area contributed by atoms with Gasteiger partial charge >= 0.3 is 0 Å². The molecule has 0 radical (unpaired) electrons. The topological polar surface area (TPSA) is 94.3 Å². The van der Waals surface area contributed by atoms with E-state index in [-0.39, 0.29) is 17.9 Å². The summed E-state index contributed by atoms with van der Waals surface area (Å²) in [6.07, 6.45) is 0.286. The average Bonchev–Trinajstić information content (AvgIpc) is 3.11. The molecule has 0 spiro atoms. The Balaban J connectivity index is 1.65. The van der Waals surface area contributed by atoms with Crippen LogP contribution in [0.4, 0.5) is 0 Å². The number of hydrogen-bond donors (Lipinski definition) is 1. The Kier molecular flexibility index (Phi) is 5.11. The van der Waals surface area contributed by atoms with Crippen LogP contribution in [0.2, 0.25) is 0 Å². The Bertz CT molecular complexity index is 939. The minimum absolute atomic E-state index is 0.158. The number of ether oxygens (including phenoxy) is 1. The molecule has 2 aromatic carbocycles. The molecule has 1 aromatic heterocycles. The van der Waals surface area contributed by atoms with Crippen molar-refractivity contribution in [3.63, 3.8) is 0 Å². The van der Waals surface area contributed by atoms with Gasteiger partial charge in [0.25, 0.3) is 0 Å². The number of rotatable bonds is 7. The molecule has 130 valence electrons. The normalized spacial score (nSPS) is 11.4. The van der Waals surface area contributed by atoms with Gasteiger partial charge in [0, 0.05) is 13.0 Å². The molecule has 3 aromatic rings. The SMILES string of the molecule is COc1ccccc1-c1noc(CCNS(=O)(=O)c2ccccc2)n1. The fraction of sp³-hybridized carbons (Fsp3) is 0.176. The molecule has 0 aliphatic heterocycles. The number of para-hydroxylation sites is 1. The molecule has 0 aliphatic rings. The maximum atomic E-state index is 12.1. The van der Waals surface area contributed by atoms with Crippen molar-refractivity contribution < 1.29 is 17.7 Å². The van der Waals surface area contributed by atoms with E-state index in [1.807, 2.05) is 18.2 Å². The van der Waals surface area contributed by atoms with Gasteiger partial charge in [0.15, 0.2) is 0 Å². The lowest BCUT2D eigenvalue weighted by Crippen LogP contribution is -2.26. The Morgan fingerprint density at radius 3 is 2.56 bits per heavy atom. The zero-order valence-electron chi connectivity index (χ0n) is 13.5. The molecule has 1 heterocycles. The van der Waals surface area contributed by atoms with Crippen molar-refractivity contribution in [3.05, 3.63) is 60.5 Å². The van der Waals surface area contributed by atoms with E-state index < -0.39 is 10.0 Å². The molecule has 0 saturated heterocycles. The van der Waals surface area contributed by atoms with E-state index in [0.29, 0.717) is 23.0 Å². The van der Waals surface area contributed by atoms with Gasteiger partial charge in [-0.2, -0.15) is 4.98 Å². The predicted molar refractivity (Wildman–Crippen MR) is 91.6 cm³/mol. The van der Waals surface area contributed by atoms with Crippen molar-refractivity contribution in [2.24, 2.45) is 0 Å². The van der Waals surface area contributed by atoms with Crippen LogP contribution in [0.3, 0.4) is 0 Å². The van der Waals surface area contributed by atoms with E-state index in [0.717, 1.165) is 0 Å². The summed E-state index contributed by atoms with van der Waals surface area (Å²) in [7, 11) is -1.98. The first kappa shape index (κ1) is 17.1. The summed E-state index contributed by atoms with van der Waals surface area (Å²) >= 11 is 0. The molecule has 0 bridgehead atoms. The lowest BCUT2D eigenvalue weighted by molar-refractivity contribution is 0.378. The molecule has 0 fully saturated rings. The highest BCUT2D eigenvalue weighted by Gasteiger charge is 2.15. The van der Waals surface area contributed by atoms with E-state index in [4.69, 9.17) is 9.26 Å². The van der Waals surface area contributed by atoms with Gasteiger partial charge in [-0.1, -0.05) is 35.5 Å². The highest BCUT2D eigenvalue weighted by Crippen LogP contribution is 2.27. The van der Waals surface area contributed by atoms with Crippen LogP contribution in [0, 0.1) is 0 Å². The quantitative estimate of drug-likeness (QED) is 0.695. The lowest BCUT2D eigenvalue weighted by atomic mass is 10.2. The molecule has 0 amide bonds. The van der Waals surface area contributed by atoms with E-state index >= 15 is 0 Å². The van der Waals surface area contributed by atoms with Crippen LogP contribution in [0.15, 0.2) is 64.0 Å². The largest absolute Gasteiger partial charge is 0.496 e. The number of methoxy groups -OCH3 is 1. The molecule has 0 saturated carbocycles. The minimum atomic E-state index is -3.55. The molecule has 7 nitrogen and oxygen atoms in total. The average molecular weight is 359 g/mol. The summed E-state index contributed by atoms with van der Waals surface area (Å²) in [5.74, 6) is 1.38. The standard InChI is InChI=1S/C17H17N3O4S/c1-23-15-10-6-5-9-14(15)17-19-16(24-20-17)11-12-18-25(21,22)13-7-3-2-4-8-13/h2-10,18H,11-12H2,1H3. The summed E-state index contributed by atoms with van der Waals surface area (Å²) in [6, 6.07) is 15.5. The molecular formula is C17H17N3O4S. The summed E-state index contributed by atoms with van der Waals surface area (Å²) in [4.78, 5) is 4.51. The van der Waals surface area contributed by atoms with Gasteiger partial charge in [-0.05, 0) is 24.3 Å². The summed E-state index contributed by atoms with van der Waals surface area (Å²) < 4.78 is 37.2. The number of nitrogens with zero attached hydrogens (tertiary/aromatic N) is 2. The molecule has 1 N–H and O–H groups in total. The minimum Gasteiger partial charge on any atom is -0.496 e. The predicted octanol–water partition coefficient (Wildman–Crippen LogP) is 2.27. The molecule has 3 rings (SSSR count). The highest BCUT2D eigenvalue weighted by molar-refractivity contribution is 7.89. The van der Waals surface area contributed by atoms with Gasteiger partial charge in [-0.3, -0.25) is 0 Å². The van der Waals surface area contributed by atoms with Crippen molar-refractivity contribution in [1.29, 1.82) is 0 Å². The number of sulfonamides is 1. The van der Waals surface area contributed by atoms with Crippen LogP contribution in [0.5, 0.6) is 5.75 Å². The van der Waals surface area contributed by atoms with Crippen LogP contribution >= 0.6 is 0 Å². The van der Waals surface area contributed by atoms with Crippen LogP contribution in [-0.2, 0) is 16.4 Å². The smallest absolute Gasteiger partial charge is 0.240 e. The number of nitrogens with one attached hydrogen (secondary N) is 1. The van der Waals surface area contributed by atoms with Gasteiger partial charge in [0.2, 0.25) is 21.7 Å². The van der Waals surface area contributed by atoms with E-state index in [9.17, 15) is 8.42 Å². The number of aromatic nitrogens is 2. The van der Waals surface area contributed by atoms with Crippen molar-refractivity contribution >= 4 is 10.0 Å². The molecule has 0 unspecified atom stereocenters.